The van der Waals surface area contributed by atoms with Gasteiger partial charge in [0.2, 0.25) is 0 Å². The van der Waals surface area contributed by atoms with Crippen LogP contribution in [-0.4, -0.2) is 25.6 Å². The second-order valence-electron chi connectivity index (χ2n) is 5.63. The molecule has 1 aliphatic rings. The van der Waals surface area contributed by atoms with Gasteiger partial charge in [0, 0.05) is 6.07 Å². The van der Waals surface area contributed by atoms with E-state index in [1.165, 1.54) is 0 Å². The normalized spacial score (nSPS) is 20.1. The van der Waals surface area contributed by atoms with Gasteiger partial charge in [-0.05, 0) is 30.7 Å². The molecule has 0 N–H and O–H groups in total. The summed E-state index contributed by atoms with van der Waals surface area (Å²) in [7, 11) is 0. The lowest BCUT2D eigenvalue weighted by atomic mass is 10.3. The predicted octanol–water partition coefficient (Wildman–Crippen LogP) is 5.05. The van der Waals surface area contributed by atoms with Crippen LogP contribution >= 0.6 is 11.6 Å². The molecule has 1 aliphatic heterocycles. The Kier molecular flexibility index (Phi) is 5.96. The number of hydrogen-bond acceptors (Lipinski definition) is 4. The average Bonchev–Trinajstić information content (AvgIpc) is 3.03. The molecular formula is C19H21ClO4. The summed E-state index contributed by atoms with van der Waals surface area (Å²) in [5, 5.41) is 0.507. The zero-order valence-electron chi connectivity index (χ0n) is 13.6. The number of para-hydroxylation sites is 1. The van der Waals surface area contributed by atoms with Crippen molar-refractivity contribution < 1.29 is 18.9 Å². The standard InChI is InChI=1S/C19H21ClO4/c1-2-6-19-22-13-16(24-19)12-21-18-10-9-15(11-17(18)20)23-14-7-4-3-5-8-14/h3-5,7-11,16,19H,2,6,12-13H2,1H3. The van der Waals surface area contributed by atoms with E-state index in [2.05, 4.69) is 6.92 Å². The van der Waals surface area contributed by atoms with E-state index in [9.17, 15) is 0 Å². The molecule has 2 unspecified atom stereocenters. The van der Waals surface area contributed by atoms with Gasteiger partial charge in [0.25, 0.3) is 0 Å². The summed E-state index contributed by atoms with van der Waals surface area (Å²) in [5.74, 6) is 2.04. The number of benzene rings is 2. The van der Waals surface area contributed by atoms with E-state index in [1.807, 2.05) is 36.4 Å². The smallest absolute Gasteiger partial charge is 0.158 e. The lowest BCUT2D eigenvalue weighted by Crippen LogP contribution is -2.21. The first-order chi connectivity index (χ1) is 11.7. The quantitative estimate of drug-likeness (QED) is 0.701. The van der Waals surface area contributed by atoms with Crippen molar-refractivity contribution in [2.45, 2.75) is 32.2 Å². The molecule has 5 heteroatoms. The van der Waals surface area contributed by atoms with Gasteiger partial charge in [-0.2, -0.15) is 0 Å². The summed E-state index contributed by atoms with van der Waals surface area (Å²) in [5.41, 5.74) is 0. The van der Waals surface area contributed by atoms with Gasteiger partial charge >= 0.3 is 0 Å². The number of ether oxygens (including phenoxy) is 4. The van der Waals surface area contributed by atoms with Crippen LogP contribution in [0.5, 0.6) is 17.2 Å². The molecule has 2 aromatic rings. The Morgan fingerprint density at radius 3 is 2.71 bits per heavy atom. The van der Waals surface area contributed by atoms with Crippen molar-refractivity contribution in [1.82, 2.24) is 0 Å². The molecule has 2 atom stereocenters. The fourth-order valence-corrected chi connectivity index (χ4v) is 2.68. The minimum Gasteiger partial charge on any atom is -0.489 e. The summed E-state index contributed by atoms with van der Waals surface area (Å²) >= 11 is 6.28. The molecule has 3 rings (SSSR count). The van der Waals surface area contributed by atoms with Crippen LogP contribution in [0, 0.1) is 0 Å². The highest BCUT2D eigenvalue weighted by atomic mass is 35.5. The van der Waals surface area contributed by atoms with Crippen LogP contribution in [0.25, 0.3) is 0 Å². The van der Waals surface area contributed by atoms with Crippen LogP contribution in [-0.2, 0) is 9.47 Å². The third kappa shape index (κ3) is 4.63. The summed E-state index contributed by atoms with van der Waals surface area (Å²) in [6, 6.07) is 14.9. The van der Waals surface area contributed by atoms with Gasteiger partial charge in [0.15, 0.2) is 6.29 Å². The van der Waals surface area contributed by atoms with E-state index in [0.29, 0.717) is 29.7 Å². The molecule has 1 saturated heterocycles. The highest BCUT2D eigenvalue weighted by molar-refractivity contribution is 6.32. The first kappa shape index (κ1) is 17.1. The molecule has 0 spiro atoms. The summed E-state index contributed by atoms with van der Waals surface area (Å²) in [6.07, 6.45) is 1.77. The van der Waals surface area contributed by atoms with E-state index in [4.69, 9.17) is 30.5 Å². The molecule has 0 bridgehead atoms. The molecular weight excluding hydrogens is 328 g/mol. The van der Waals surface area contributed by atoms with Gasteiger partial charge < -0.3 is 18.9 Å². The lowest BCUT2D eigenvalue weighted by molar-refractivity contribution is -0.0676. The first-order valence-electron chi connectivity index (χ1n) is 8.17. The van der Waals surface area contributed by atoms with Crippen molar-refractivity contribution in [3.05, 3.63) is 53.6 Å². The van der Waals surface area contributed by atoms with Crippen molar-refractivity contribution in [3.63, 3.8) is 0 Å². The zero-order valence-corrected chi connectivity index (χ0v) is 14.4. The van der Waals surface area contributed by atoms with E-state index < -0.39 is 0 Å². The minimum atomic E-state index is -0.110. The monoisotopic (exact) mass is 348 g/mol. The Bertz CT molecular complexity index is 647. The SMILES string of the molecule is CCCC1OCC(COc2ccc(Oc3ccccc3)cc2Cl)O1. The molecule has 0 aliphatic carbocycles. The Hall–Kier alpha value is -1.75. The maximum atomic E-state index is 6.28. The second-order valence-corrected chi connectivity index (χ2v) is 6.04. The highest BCUT2D eigenvalue weighted by Gasteiger charge is 2.25. The summed E-state index contributed by atoms with van der Waals surface area (Å²) in [6.45, 7) is 3.08. The van der Waals surface area contributed by atoms with E-state index in [-0.39, 0.29) is 12.4 Å². The van der Waals surface area contributed by atoms with Crippen molar-refractivity contribution in [1.29, 1.82) is 0 Å². The fraction of sp³-hybridized carbons (Fsp3) is 0.368. The van der Waals surface area contributed by atoms with E-state index >= 15 is 0 Å². The number of halogens is 1. The van der Waals surface area contributed by atoms with Gasteiger partial charge in [-0.15, -0.1) is 0 Å². The molecule has 0 saturated carbocycles. The van der Waals surface area contributed by atoms with Crippen molar-refractivity contribution in [2.75, 3.05) is 13.2 Å². The predicted molar refractivity (Wildman–Crippen MR) is 93.0 cm³/mol. The number of rotatable bonds is 7. The summed E-state index contributed by atoms with van der Waals surface area (Å²) < 4.78 is 22.8. The molecule has 0 aromatic heterocycles. The van der Waals surface area contributed by atoms with Gasteiger partial charge in [-0.1, -0.05) is 43.1 Å². The molecule has 24 heavy (non-hydrogen) atoms. The number of hydrogen-bond donors (Lipinski definition) is 0. The largest absolute Gasteiger partial charge is 0.489 e. The summed E-state index contributed by atoms with van der Waals surface area (Å²) in [4.78, 5) is 0. The Labute approximate surface area is 147 Å². The van der Waals surface area contributed by atoms with Crippen molar-refractivity contribution in [2.24, 2.45) is 0 Å². The van der Waals surface area contributed by atoms with Crippen molar-refractivity contribution >= 4 is 11.6 Å². The molecule has 1 fully saturated rings. The van der Waals surface area contributed by atoms with Crippen LogP contribution in [0.3, 0.4) is 0 Å². The molecule has 128 valence electrons. The third-order valence-electron chi connectivity index (χ3n) is 3.64. The highest BCUT2D eigenvalue weighted by Crippen LogP contribution is 2.31. The van der Waals surface area contributed by atoms with Gasteiger partial charge in [-0.3, -0.25) is 0 Å². The molecule has 1 heterocycles. The maximum absolute atomic E-state index is 6.28. The van der Waals surface area contributed by atoms with Crippen molar-refractivity contribution in [3.8, 4) is 17.2 Å². The zero-order chi connectivity index (χ0) is 16.8. The van der Waals surface area contributed by atoms with Gasteiger partial charge in [-0.25, -0.2) is 0 Å². The Balaban J connectivity index is 1.53. The molecule has 4 nitrogen and oxygen atoms in total. The minimum absolute atomic E-state index is 0.0575. The Morgan fingerprint density at radius 2 is 1.96 bits per heavy atom. The average molecular weight is 349 g/mol. The van der Waals surface area contributed by atoms with Crippen LogP contribution in [0.2, 0.25) is 5.02 Å². The Morgan fingerprint density at radius 1 is 1.12 bits per heavy atom. The first-order valence-corrected chi connectivity index (χ1v) is 8.54. The van der Waals surface area contributed by atoms with Crippen LogP contribution in [0.4, 0.5) is 0 Å². The van der Waals surface area contributed by atoms with Gasteiger partial charge in [0.05, 0.1) is 11.6 Å². The molecule has 0 radical (unpaired) electrons. The fourth-order valence-electron chi connectivity index (χ4n) is 2.45. The van der Waals surface area contributed by atoms with E-state index in [1.54, 1.807) is 12.1 Å². The second kappa shape index (κ2) is 8.38. The lowest BCUT2D eigenvalue weighted by Gasteiger charge is -2.14. The molecule has 0 amide bonds. The third-order valence-corrected chi connectivity index (χ3v) is 3.94. The van der Waals surface area contributed by atoms with E-state index in [0.717, 1.165) is 18.6 Å². The van der Waals surface area contributed by atoms with Crippen LogP contribution in [0.1, 0.15) is 19.8 Å². The van der Waals surface area contributed by atoms with Crippen LogP contribution in [0.15, 0.2) is 48.5 Å². The molecule has 2 aromatic carbocycles. The topological polar surface area (TPSA) is 36.9 Å². The maximum Gasteiger partial charge on any atom is 0.158 e. The van der Waals surface area contributed by atoms with Gasteiger partial charge in [0.1, 0.15) is 30.0 Å². The van der Waals surface area contributed by atoms with Crippen LogP contribution < -0.4 is 9.47 Å².